The zero-order valence-corrected chi connectivity index (χ0v) is 6.89. The molecule has 11 heavy (non-hydrogen) atoms. The van der Waals surface area contributed by atoms with E-state index >= 15 is 0 Å². The average molecular weight is 152 g/mol. The summed E-state index contributed by atoms with van der Waals surface area (Å²) in [5.74, 6) is -0.244. The molecular formula is C9H12O2. The van der Waals surface area contributed by atoms with Crippen LogP contribution < -0.4 is 0 Å². The fourth-order valence-corrected chi connectivity index (χ4v) is 1.12. The normalized spacial score (nSPS) is 20.9. The van der Waals surface area contributed by atoms with Crippen LogP contribution in [0.4, 0.5) is 0 Å². The summed E-state index contributed by atoms with van der Waals surface area (Å²) in [5, 5.41) is 0. The van der Waals surface area contributed by atoms with Crippen molar-refractivity contribution in [2.24, 2.45) is 0 Å². The molecule has 2 nitrogen and oxygen atoms in total. The molecule has 0 aromatic carbocycles. The summed E-state index contributed by atoms with van der Waals surface area (Å²) in [5.41, 5.74) is 0.572. The van der Waals surface area contributed by atoms with E-state index in [1.54, 1.807) is 12.2 Å². The molecule has 0 N–H and O–H groups in total. The molecule has 1 heterocycles. The predicted octanol–water partition coefficient (Wildman–Crippen LogP) is 1.82. The molecule has 1 aliphatic rings. The van der Waals surface area contributed by atoms with E-state index in [1.165, 1.54) is 0 Å². The Labute approximate surface area is 66.5 Å². The van der Waals surface area contributed by atoms with Gasteiger partial charge in [-0.15, -0.1) is 6.58 Å². The van der Waals surface area contributed by atoms with Gasteiger partial charge in [-0.1, -0.05) is 6.08 Å². The van der Waals surface area contributed by atoms with Gasteiger partial charge in [-0.3, -0.25) is 0 Å². The van der Waals surface area contributed by atoms with Crippen LogP contribution in [0.3, 0.4) is 0 Å². The van der Waals surface area contributed by atoms with E-state index in [1.807, 2.05) is 13.8 Å². The number of esters is 1. The van der Waals surface area contributed by atoms with Gasteiger partial charge in [-0.05, 0) is 25.8 Å². The van der Waals surface area contributed by atoms with Gasteiger partial charge in [0.1, 0.15) is 5.60 Å². The van der Waals surface area contributed by atoms with Crippen LogP contribution in [0, 0.1) is 0 Å². The number of hydrogen-bond acceptors (Lipinski definition) is 2. The highest BCUT2D eigenvalue weighted by molar-refractivity contribution is 5.86. The van der Waals surface area contributed by atoms with Crippen LogP contribution in [-0.2, 0) is 9.53 Å². The molecule has 0 aromatic heterocycles. The lowest BCUT2D eigenvalue weighted by atomic mass is 9.97. The van der Waals surface area contributed by atoms with Gasteiger partial charge < -0.3 is 4.74 Å². The van der Waals surface area contributed by atoms with E-state index in [2.05, 4.69) is 6.58 Å². The van der Waals surface area contributed by atoms with Gasteiger partial charge in [-0.25, -0.2) is 4.79 Å². The molecule has 0 atom stereocenters. The molecule has 0 amide bonds. The van der Waals surface area contributed by atoms with Crippen LogP contribution in [0.25, 0.3) is 0 Å². The van der Waals surface area contributed by atoms with Gasteiger partial charge in [0.05, 0.1) is 0 Å². The maximum Gasteiger partial charge on any atom is 0.331 e. The summed E-state index contributed by atoms with van der Waals surface area (Å²) in [6, 6.07) is 0. The molecule has 0 saturated heterocycles. The van der Waals surface area contributed by atoms with Gasteiger partial charge in [0.2, 0.25) is 0 Å². The third kappa shape index (κ3) is 1.50. The van der Waals surface area contributed by atoms with E-state index in [4.69, 9.17) is 4.74 Å². The maximum atomic E-state index is 10.8. The zero-order chi connectivity index (χ0) is 8.48. The van der Waals surface area contributed by atoms with Crippen molar-refractivity contribution in [2.45, 2.75) is 25.9 Å². The van der Waals surface area contributed by atoms with Crippen LogP contribution in [0.1, 0.15) is 20.3 Å². The Morgan fingerprint density at radius 1 is 1.73 bits per heavy atom. The Hall–Kier alpha value is -1.05. The Morgan fingerprint density at radius 2 is 2.36 bits per heavy atom. The highest BCUT2D eigenvalue weighted by Crippen LogP contribution is 2.29. The lowest BCUT2D eigenvalue weighted by Gasteiger charge is -2.20. The number of allylic oxidation sites excluding steroid dienone is 1. The first-order chi connectivity index (χ1) is 5.06. The van der Waals surface area contributed by atoms with Crippen molar-refractivity contribution in [3.63, 3.8) is 0 Å². The predicted molar refractivity (Wildman–Crippen MR) is 43.1 cm³/mol. The second-order valence-corrected chi connectivity index (χ2v) is 3.09. The minimum atomic E-state index is -0.425. The van der Waals surface area contributed by atoms with Gasteiger partial charge in [0.15, 0.2) is 0 Å². The molecule has 0 saturated carbocycles. The molecule has 2 heteroatoms. The first-order valence-electron chi connectivity index (χ1n) is 3.61. The highest BCUT2D eigenvalue weighted by Gasteiger charge is 2.32. The number of rotatable bonds is 2. The van der Waals surface area contributed by atoms with Crippen LogP contribution in [0.2, 0.25) is 0 Å². The summed E-state index contributed by atoms with van der Waals surface area (Å²) >= 11 is 0. The molecule has 0 aliphatic carbocycles. The van der Waals surface area contributed by atoms with E-state index in [9.17, 15) is 4.79 Å². The molecule has 0 spiro atoms. The number of carbonyl (C=O) groups is 1. The third-order valence-corrected chi connectivity index (χ3v) is 1.79. The number of ether oxygens (including phenoxy) is 1. The van der Waals surface area contributed by atoms with Crippen molar-refractivity contribution in [1.29, 1.82) is 0 Å². The maximum absolute atomic E-state index is 10.8. The second-order valence-electron chi connectivity index (χ2n) is 3.09. The van der Waals surface area contributed by atoms with Gasteiger partial charge in [0, 0.05) is 6.08 Å². The summed E-state index contributed by atoms with van der Waals surface area (Å²) < 4.78 is 5.03. The second kappa shape index (κ2) is 2.53. The molecule has 0 unspecified atom stereocenters. The molecule has 1 rings (SSSR count). The Bertz CT molecular complexity index is 224. The van der Waals surface area contributed by atoms with Gasteiger partial charge in [-0.2, -0.15) is 0 Å². The Kier molecular flexibility index (Phi) is 1.85. The topological polar surface area (TPSA) is 26.3 Å². The van der Waals surface area contributed by atoms with Crippen LogP contribution in [-0.4, -0.2) is 11.6 Å². The van der Waals surface area contributed by atoms with Crippen molar-refractivity contribution in [1.82, 2.24) is 0 Å². The summed E-state index contributed by atoms with van der Waals surface area (Å²) in [6.45, 7) is 7.37. The first kappa shape index (κ1) is 8.05. The number of carbonyl (C=O) groups excluding carboxylic acids is 1. The lowest BCUT2D eigenvalue weighted by molar-refractivity contribution is -0.143. The summed E-state index contributed by atoms with van der Waals surface area (Å²) in [4.78, 5) is 10.8. The molecule has 0 fully saturated rings. The fourth-order valence-electron chi connectivity index (χ4n) is 1.12. The first-order valence-corrected chi connectivity index (χ1v) is 3.61. The lowest BCUT2D eigenvalue weighted by Crippen LogP contribution is -2.22. The van der Waals surface area contributed by atoms with E-state index in [-0.39, 0.29) is 5.97 Å². The van der Waals surface area contributed by atoms with Crippen molar-refractivity contribution < 1.29 is 9.53 Å². The monoisotopic (exact) mass is 152 g/mol. The summed E-state index contributed by atoms with van der Waals surface area (Å²) in [6.07, 6.45) is 4.04. The van der Waals surface area contributed by atoms with Crippen molar-refractivity contribution >= 4 is 5.97 Å². The zero-order valence-electron chi connectivity index (χ0n) is 6.89. The average Bonchev–Trinajstić information content (AvgIpc) is 2.07. The van der Waals surface area contributed by atoms with E-state index in [0.717, 1.165) is 12.0 Å². The minimum absolute atomic E-state index is 0.244. The molecule has 0 bridgehead atoms. The van der Waals surface area contributed by atoms with Gasteiger partial charge >= 0.3 is 5.97 Å². The van der Waals surface area contributed by atoms with Crippen LogP contribution >= 0.6 is 0 Å². The smallest absolute Gasteiger partial charge is 0.331 e. The fraction of sp³-hybridized carbons (Fsp3) is 0.444. The van der Waals surface area contributed by atoms with Crippen molar-refractivity contribution in [2.75, 3.05) is 0 Å². The largest absolute Gasteiger partial charge is 0.452 e. The van der Waals surface area contributed by atoms with E-state index < -0.39 is 5.60 Å². The van der Waals surface area contributed by atoms with Crippen LogP contribution in [0.15, 0.2) is 24.3 Å². The molecule has 0 radical (unpaired) electrons. The SMILES string of the molecule is C=CCC1=CC(=O)OC1(C)C. The number of cyclic esters (lactones) is 1. The highest BCUT2D eigenvalue weighted by atomic mass is 16.6. The summed E-state index contributed by atoms with van der Waals surface area (Å²) in [7, 11) is 0. The molecule has 0 aromatic rings. The van der Waals surface area contributed by atoms with E-state index in [0.29, 0.717) is 0 Å². The molecular weight excluding hydrogens is 140 g/mol. The third-order valence-electron chi connectivity index (χ3n) is 1.79. The minimum Gasteiger partial charge on any atom is -0.452 e. The Morgan fingerprint density at radius 3 is 2.73 bits per heavy atom. The van der Waals surface area contributed by atoms with Gasteiger partial charge in [0.25, 0.3) is 0 Å². The van der Waals surface area contributed by atoms with Crippen LogP contribution in [0.5, 0.6) is 0 Å². The molecule has 1 aliphatic heterocycles. The molecule has 60 valence electrons. The van der Waals surface area contributed by atoms with Crippen molar-refractivity contribution in [3.8, 4) is 0 Å². The van der Waals surface area contributed by atoms with Crippen molar-refractivity contribution in [3.05, 3.63) is 24.3 Å². The Balaban J connectivity index is 2.82. The standard InChI is InChI=1S/C9H12O2/c1-4-5-7-6-8(10)11-9(7,2)3/h4,6H,1,5H2,2-3H3. The quantitative estimate of drug-likeness (QED) is 0.445. The number of hydrogen-bond donors (Lipinski definition) is 0.